The van der Waals surface area contributed by atoms with Crippen LogP contribution in [0, 0.1) is 0 Å². The Morgan fingerprint density at radius 1 is 1.10 bits per heavy atom. The lowest BCUT2D eigenvalue weighted by Crippen LogP contribution is -2.24. The number of nitrogens with zero attached hydrogens (tertiary/aromatic N) is 3. The summed E-state index contributed by atoms with van der Waals surface area (Å²) < 4.78 is 29.8. The minimum absolute atomic E-state index is 0.135. The molecule has 1 N–H and O–H groups in total. The van der Waals surface area contributed by atoms with E-state index in [-0.39, 0.29) is 30.2 Å². The van der Waals surface area contributed by atoms with Gasteiger partial charge in [-0.1, -0.05) is 6.07 Å². The highest BCUT2D eigenvalue weighted by Crippen LogP contribution is 2.30. The molecular weight excluding hydrogens is 540 g/mol. The van der Waals surface area contributed by atoms with Gasteiger partial charge in [0, 0.05) is 31.9 Å². The van der Waals surface area contributed by atoms with Crippen LogP contribution in [0.25, 0.3) is 11.4 Å². The summed E-state index contributed by atoms with van der Waals surface area (Å²) in [4.78, 5) is 29.5. The van der Waals surface area contributed by atoms with Gasteiger partial charge >= 0.3 is 5.97 Å². The molecular formula is C31H40N4O7. The maximum absolute atomic E-state index is 13.1. The summed E-state index contributed by atoms with van der Waals surface area (Å²) >= 11 is 0. The molecule has 0 radical (unpaired) electrons. The first-order valence-corrected chi connectivity index (χ1v) is 14.3. The number of pyridine rings is 1. The number of hydrogen-bond donors (Lipinski definition) is 1. The molecule has 1 unspecified atom stereocenters. The Bertz CT molecular complexity index is 1330. The Kier molecular flexibility index (Phi) is 10.9. The molecule has 0 saturated carbocycles. The minimum Gasteiger partial charge on any atom is -0.494 e. The van der Waals surface area contributed by atoms with E-state index in [0.717, 1.165) is 25.0 Å². The number of methoxy groups -OCH3 is 1. The Morgan fingerprint density at radius 2 is 1.95 bits per heavy atom. The second kappa shape index (κ2) is 14.8. The number of rotatable bonds is 13. The number of ether oxygens (including phenoxy) is 5. The normalized spacial score (nSPS) is 15.2. The molecule has 1 atom stereocenters. The number of esters is 1. The number of carbonyl (C=O) groups excluding carboxylic acids is 2. The summed E-state index contributed by atoms with van der Waals surface area (Å²) in [6.45, 7) is 7.38. The van der Waals surface area contributed by atoms with Crippen LogP contribution in [0.1, 0.15) is 69.6 Å². The van der Waals surface area contributed by atoms with E-state index in [4.69, 9.17) is 23.7 Å². The van der Waals surface area contributed by atoms with Gasteiger partial charge in [0.2, 0.25) is 0 Å². The zero-order chi connectivity index (χ0) is 30.0. The van der Waals surface area contributed by atoms with Gasteiger partial charge in [-0.2, -0.15) is 5.10 Å². The lowest BCUT2D eigenvalue weighted by molar-refractivity contribution is -0.156. The van der Waals surface area contributed by atoms with Gasteiger partial charge in [-0.15, -0.1) is 0 Å². The highest BCUT2D eigenvalue weighted by molar-refractivity contribution is 6.04. The van der Waals surface area contributed by atoms with Crippen molar-refractivity contribution in [2.24, 2.45) is 0 Å². The first kappa shape index (κ1) is 31.0. The van der Waals surface area contributed by atoms with Crippen LogP contribution in [-0.2, 0) is 19.0 Å². The molecule has 1 aromatic carbocycles. The van der Waals surface area contributed by atoms with Crippen molar-refractivity contribution < 1.29 is 33.3 Å². The SMILES string of the molecule is COc1cc(OCCCOCCC(=O)OC(C)(C)C)ccc1NC(=O)c1cccc(-c2ccnn2C2CCCCO2)n1. The molecule has 2 aromatic heterocycles. The van der Waals surface area contributed by atoms with Crippen molar-refractivity contribution in [3.63, 3.8) is 0 Å². The van der Waals surface area contributed by atoms with E-state index in [1.54, 1.807) is 36.5 Å². The summed E-state index contributed by atoms with van der Waals surface area (Å²) in [5.74, 6) is 0.404. The number of hydrogen-bond acceptors (Lipinski definition) is 9. The maximum atomic E-state index is 13.1. The zero-order valence-corrected chi connectivity index (χ0v) is 24.8. The van der Waals surface area contributed by atoms with Crippen LogP contribution in [0.3, 0.4) is 0 Å². The maximum Gasteiger partial charge on any atom is 0.308 e. The van der Waals surface area contributed by atoms with Crippen LogP contribution in [0.2, 0.25) is 0 Å². The first-order chi connectivity index (χ1) is 20.2. The second-order valence-electron chi connectivity index (χ2n) is 10.9. The molecule has 1 aliphatic rings. The third kappa shape index (κ3) is 9.02. The summed E-state index contributed by atoms with van der Waals surface area (Å²) in [6, 6.07) is 12.4. The number of nitrogens with one attached hydrogen (secondary N) is 1. The standard InChI is InChI=1S/C31H40N4O7/c1-31(2,3)42-29(36)15-20-39-17-8-19-40-22-12-13-24(27(21-22)38-4)34-30(37)25-10-7-9-23(33-25)26-14-16-32-35(26)28-11-5-6-18-41-28/h7,9-10,12-14,16,21,28H,5-6,8,11,15,17-20H2,1-4H3,(H,34,37). The lowest BCUT2D eigenvalue weighted by atomic mass is 10.1. The number of benzene rings is 1. The molecule has 1 aliphatic heterocycles. The van der Waals surface area contributed by atoms with Crippen LogP contribution in [-0.4, -0.2) is 65.8 Å². The predicted octanol–water partition coefficient (Wildman–Crippen LogP) is 5.42. The molecule has 0 bridgehead atoms. The molecule has 1 fully saturated rings. The van der Waals surface area contributed by atoms with E-state index in [2.05, 4.69) is 15.4 Å². The first-order valence-electron chi connectivity index (χ1n) is 14.3. The summed E-state index contributed by atoms with van der Waals surface area (Å²) in [5, 5.41) is 7.33. The van der Waals surface area contributed by atoms with Crippen molar-refractivity contribution in [3.05, 3.63) is 54.4 Å². The fourth-order valence-electron chi connectivity index (χ4n) is 4.42. The third-order valence-corrected chi connectivity index (χ3v) is 6.34. The van der Waals surface area contributed by atoms with Crippen molar-refractivity contribution in [1.29, 1.82) is 0 Å². The van der Waals surface area contributed by atoms with E-state index in [1.165, 1.54) is 7.11 Å². The highest BCUT2D eigenvalue weighted by Gasteiger charge is 2.21. The Hall–Kier alpha value is -3.96. The minimum atomic E-state index is -0.498. The molecule has 11 heteroatoms. The molecule has 11 nitrogen and oxygen atoms in total. The quantitative estimate of drug-likeness (QED) is 0.208. The summed E-state index contributed by atoms with van der Waals surface area (Å²) in [5.41, 5.74) is 1.69. The fourth-order valence-corrected chi connectivity index (χ4v) is 4.42. The van der Waals surface area contributed by atoms with Gasteiger partial charge in [0.05, 0.1) is 43.8 Å². The van der Waals surface area contributed by atoms with Crippen LogP contribution >= 0.6 is 0 Å². The van der Waals surface area contributed by atoms with Crippen molar-refractivity contribution >= 4 is 17.6 Å². The number of carbonyl (C=O) groups is 2. The van der Waals surface area contributed by atoms with E-state index in [9.17, 15) is 9.59 Å². The topological polar surface area (TPSA) is 123 Å². The van der Waals surface area contributed by atoms with Gasteiger partial charge in [-0.25, -0.2) is 9.67 Å². The monoisotopic (exact) mass is 580 g/mol. The smallest absolute Gasteiger partial charge is 0.308 e. The van der Waals surface area contributed by atoms with Gasteiger partial charge in [-0.05, 0) is 70.4 Å². The highest BCUT2D eigenvalue weighted by atomic mass is 16.6. The van der Waals surface area contributed by atoms with Crippen molar-refractivity contribution in [2.75, 3.05) is 38.9 Å². The van der Waals surface area contributed by atoms with Gasteiger partial charge in [0.25, 0.3) is 5.91 Å². The average Bonchev–Trinajstić information content (AvgIpc) is 3.47. The van der Waals surface area contributed by atoms with Gasteiger partial charge in [-0.3, -0.25) is 9.59 Å². The molecule has 1 amide bonds. The van der Waals surface area contributed by atoms with Crippen LogP contribution < -0.4 is 14.8 Å². The Morgan fingerprint density at radius 3 is 2.71 bits per heavy atom. The summed E-state index contributed by atoms with van der Waals surface area (Å²) in [6.07, 6.45) is 5.45. The van der Waals surface area contributed by atoms with Crippen LogP contribution in [0.4, 0.5) is 5.69 Å². The van der Waals surface area contributed by atoms with E-state index < -0.39 is 5.60 Å². The molecule has 1 saturated heterocycles. The van der Waals surface area contributed by atoms with Gasteiger partial charge < -0.3 is 29.0 Å². The molecule has 0 aliphatic carbocycles. The van der Waals surface area contributed by atoms with Crippen molar-refractivity contribution in [1.82, 2.24) is 14.8 Å². The molecule has 0 spiro atoms. The molecule has 4 rings (SSSR count). The van der Waals surface area contributed by atoms with Crippen molar-refractivity contribution in [3.8, 4) is 22.9 Å². The Balaban J connectivity index is 1.28. The number of anilines is 1. The van der Waals surface area contributed by atoms with Crippen molar-refractivity contribution in [2.45, 2.75) is 64.7 Å². The van der Waals surface area contributed by atoms with E-state index in [1.807, 2.05) is 37.6 Å². The number of amides is 1. The molecule has 42 heavy (non-hydrogen) atoms. The largest absolute Gasteiger partial charge is 0.494 e. The van der Waals surface area contributed by atoms with Gasteiger partial charge in [0.15, 0.2) is 6.23 Å². The van der Waals surface area contributed by atoms with E-state index in [0.29, 0.717) is 55.7 Å². The van der Waals surface area contributed by atoms with Crippen LogP contribution in [0.15, 0.2) is 48.7 Å². The lowest BCUT2D eigenvalue weighted by Gasteiger charge is -2.24. The predicted molar refractivity (Wildman–Crippen MR) is 157 cm³/mol. The van der Waals surface area contributed by atoms with Gasteiger partial charge in [0.1, 0.15) is 22.8 Å². The second-order valence-corrected chi connectivity index (χ2v) is 10.9. The fraction of sp³-hybridized carbons (Fsp3) is 0.484. The molecule has 3 heterocycles. The summed E-state index contributed by atoms with van der Waals surface area (Å²) in [7, 11) is 1.53. The molecule has 226 valence electrons. The molecule has 3 aromatic rings. The average molecular weight is 581 g/mol. The Labute approximate surface area is 246 Å². The number of aromatic nitrogens is 3. The van der Waals surface area contributed by atoms with E-state index >= 15 is 0 Å². The third-order valence-electron chi connectivity index (χ3n) is 6.34. The van der Waals surface area contributed by atoms with Crippen LogP contribution in [0.5, 0.6) is 11.5 Å². The zero-order valence-electron chi connectivity index (χ0n) is 24.8.